The molecule has 0 saturated carbocycles. The fraction of sp³-hybridized carbons (Fsp3) is 0.0588. The van der Waals surface area contributed by atoms with Crippen molar-refractivity contribution in [3.05, 3.63) is 63.5 Å². The predicted molar refractivity (Wildman–Crippen MR) is 101 cm³/mol. The molecule has 1 aromatic heterocycles. The standard InChI is InChI=1S/C17H13Cl2N3OS/c1-10-2-5-12(6-3-10)20-16(23)22-17-21-15(9-24-17)13-8-11(18)4-7-14(13)19/h2-9H,1H3,(H2,20,21,22,23). The van der Waals surface area contributed by atoms with E-state index in [1.165, 1.54) is 11.3 Å². The summed E-state index contributed by atoms with van der Waals surface area (Å²) in [5.41, 5.74) is 3.24. The molecule has 0 aliphatic heterocycles. The average Bonchev–Trinajstić information content (AvgIpc) is 3.00. The monoisotopic (exact) mass is 377 g/mol. The molecule has 7 heteroatoms. The number of carbonyl (C=O) groups is 1. The van der Waals surface area contributed by atoms with Crippen LogP contribution in [0.4, 0.5) is 15.6 Å². The van der Waals surface area contributed by atoms with Crippen LogP contribution in [-0.2, 0) is 0 Å². The Morgan fingerprint density at radius 3 is 2.58 bits per heavy atom. The summed E-state index contributed by atoms with van der Waals surface area (Å²) in [6.07, 6.45) is 0. The van der Waals surface area contributed by atoms with Crippen LogP contribution >= 0.6 is 34.5 Å². The lowest BCUT2D eigenvalue weighted by molar-refractivity contribution is 0.262. The highest BCUT2D eigenvalue weighted by Gasteiger charge is 2.11. The number of anilines is 2. The number of carbonyl (C=O) groups excluding carboxylic acids is 1. The van der Waals surface area contributed by atoms with Gasteiger partial charge in [-0.15, -0.1) is 11.3 Å². The number of urea groups is 1. The number of benzene rings is 2. The van der Waals surface area contributed by atoms with Crippen LogP contribution < -0.4 is 10.6 Å². The van der Waals surface area contributed by atoms with Gasteiger partial charge in [-0.2, -0.15) is 0 Å². The quantitative estimate of drug-likeness (QED) is 0.581. The molecular formula is C17H13Cl2N3OS. The Morgan fingerprint density at radius 1 is 1.08 bits per heavy atom. The van der Waals surface area contributed by atoms with Gasteiger partial charge in [0.2, 0.25) is 0 Å². The number of thiazole rings is 1. The molecule has 1 heterocycles. The molecule has 3 rings (SSSR count). The summed E-state index contributed by atoms with van der Waals surface area (Å²) in [6.45, 7) is 1.99. The second-order valence-electron chi connectivity index (χ2n) is 5.11. The van der Waals surface area contributed by atoms with E-state index < -0.39 is 0 Å². The number of aryl methyl sites for hydroxylation is 1. The third kappa shape index (κ3) is 4.06. The van der Waals surface area contributed by atoms with Gasteiger partial charge in [0.15, 0.2) is 5.13 Å². The van der Waals surface area contributed by atoms with E-state index in [1.54, 1.807) is 18.2 Å². The van der Waals surface area contributed by atoms with Gasteiger partial charge in [-0.3, -0.25) is 5.32 Å². The van der Waals surface area contributed by atoms with Crippen molar-refractivity contribution < 1.29 is 4.79 Å². The van der Waals surface area contributed by atoms with Crippen LogP contribution in [0.15, 0.2) is 47.8 Å². The molecule has 0 atom stereocenters. The maximum absolute atomic E-state index is 12.0. The lowest BCUT2D eigenvalue weighted by Crippen LogP contribution is -2.19. The summed E-state index contributed by atoms with van der Waals surface area (Å²) in [7, 11) is 0. The first kappa shape index (κ1) is 16.8. The van der Waals surface area contributed by atoms with E-state index in [-0.39, 0.29) is 6.03 Å². The Hall–Kier alpha value is -2.08. The van der Waals surface area contributed by atoms with Gasteiger partial charge in [0.25, 0.3) is 0 Å². The summed E-state index contributed by atoms with van der Waals surface area (Å²) < 4.78 is 0. The maximum atomic E-state index is 12.0. The van der Waals surface area contributed by atoms with Crippen molar-refractivity contribution in [3.8, 4) is 11.3 Å². The molecule has 0 radical (unpaired) electrons. The van der Waals surface area contributed by atoms with Crippen LogP contribution in [0.1, 0.15) is 5.56 Å². The molecule has 0 spiro atoms. The molecule has 2 aromatic carbocycles. The number of hydrogen-bond donors (Lipinski definition) is 2. The molecule has 0 saturated heterocycles. The average molecular weight is 378 g/mol. The van der Waals surface area contributed by atoms with E-state index >= 15 is 0 Å². The predicted octanol–water partition coefficient (Wildman–Crippen LogP) is 6.07. The smallest absolute Gasteiger partial charge is 0.308 e. The summed E-state index contributed by atoms with van der Waals surface area (Å²) in [5.74, 6) is 0. The van der Waals surface area contributed by atoms with Gasteiger partial charge >= 0.3 is 6.03 Å². The Bertz CT molecular complexity index is 878. The fourth-order valence-electron chi connectivity index (χ4n) is 2.05. The summed E-state index contributed by atoms with van der Waals surface area (Å²) in [6, 6.07) is 12.4. The molecule has 24 heavy (non-hydrogen) atoms. The van der Waals surface area contributed by atoms with Gasteiger partial charge in [-0.05, 0) is 37.3 Å². The number of nitrogens with one attached hydrogen (secondary N) is 2. The van der Waals surface area contributed by atoms with E-state index in [4.69, 9.17) is 23.2 Å². The van der Waals surface area contributed by atoms with Gasteiger partial charge in [-0.25, -0.2) is 9.78 Å². The van der Waals surface area contributed by atoms with Crippen molar-refractivity contribution in [2.75, 3.05) is 10.6 Å². The number of aromatic nitrogens is 1. The van der Waals surface area contributed by atoms with Gasteiger partial charge in [-0.1, -0.05) is 40.9 Å². The summed E-state index contributed by atoms with van der Waals surface area (Å²) in [4.78, 5) is 16.4. The Labute approximate surface area is 153 Å². The molecule has 3 aromatic rings. The van der Waals surface area contributed by atoms with Gasteiger partial charge in [0.05, 0.1) is 10.7 Å². The third-order valence-electron chi connectivity index (χ3n) is 3.24. The van der Waals surface area contributed by atoms with E-state index in [9.17, 15) is 4.79 Å². The lowest BCUT2D eigenvalue weighted by atomic mass is 10.2. The van der Waals surface area contributed by atoms with Crippen LogP contribution in [0.25, 0.3) is 11.3 Å². The van der Waals surface area contributed by atoms with E-state index in [1.807, 2.05) is 36.6 Å². The van der Waals surface area contributed by atoms with Crippen LogP contribution in [0.5, 0.6) is 0 Å². The van der Waals surface area contributed by atoms with Crippen molar-refractivity contribution in [2.45, 2.75) is 6.92 Å². The molecule has 122 valence electrons. The molecule has 0 aliphatic carbocycles. The molecular weight excluding hydrogens is 365 g/mol. The van der Waals surface area contributed by atoms with Crippen LogP contribution in [0.3, 0.4) is 0 Å². The minimum Gasteiger partial charge on any atom is -0.308 e. The highest BCUT2D eigenvalue weighted by Crippen LogP contribution is 2.32. The van der Waals surface area contributed by atoms with Crippen LogP contribution in [0, 0.1) is 6.92 Å². The van der Waals surface area contributed by atoms with Crippen molar-refractivity contribution in [2.24, 2.45) is 0 Å². The fourth-order valence-corrected chi connectivity index (χ4v) is 3.14. The second kappa shape index (κ2) is 7.21. The van der Waals surface area contributed by atoms with Crippen molar-refractivity contribution in [3.63, 3.8) is 0 Å². The molecule has 0 fully saturated rings. The van der Waals surface area contributed by atoms with E-state index in [0.717, 1.165) is 11.1 Å². The van der Waals surface area contributed by atoms with Crippen LogP contribution in [-0.4, -0.2) is 11.0 Å². The Morgan fingerprint density at radius 2 is 1.83 bits per heavy atom. The minimum absolute atomic E-state index is 0.350. The second-order valence-corrected chi connectivity index (χ2v) is 6.81. The molecule has 0 aliphatic rings. The molecule has 0 unspecified atom stereocenters. The number of nitrogens with zero attached hydrogens (tertiary/aromatic N) is 1. The molecule has 4 nitrogen and oxygen atoms in total. The Balaban J connectivity index is 1.70. The topological polar surface area (TPSA) is 54.0 Å². The third-order valence-corrected chi connectivity index (χ3v) is 4.56. The zero-order chi connectivity index (χ0) is 17.1. The van der Waals surface area contributed by atoms with Gasteiger partial charge in [0, 0.05) is 21.7 Å². The van der Waals surface area contributed by atoms with Crippen molar-refractivity contribution >= 4 is 51.4 Å². The van der Waals surface area contributed by atoms with Crippen molar-refractivity contribution in [1.82, 2.24) is 4.98 Å². The highest BCUT2D eigenvalue weighted by atomic mass is 35.5. The molecule has 2 amide bonds. The first-order chi connectivity index (χ1) is 11.5. The normalized spacial score (nSPS) is 10.5. The maximum Gasteiger partial charge on any atom is 0.325 e. The first-order valence-electron chi connectivity index (χ1n) is 7.07. The number of halogens is 2. The Kier molecular flexibility index (Phi) is 5.04. The highest BCUT2D eigenvalue weighted by molar-refractivity contribution is 7.14. The first-order valence-corrected chi connectivity index (χ1v) is 8.70. The van der Waals surface area contributed by atoms with Gasteiger partial charge < -0.3 is 5.32 Å². The van der Waals surface area contributed by atoms with E-state index in [2.05, 4.69) is 15.6 Å². The largest absolute Gasteiger partial charge is 0.325 e. The number of hydrogen-bond acceptors (Lipinski definition) is 3. The molecule has 0 bridgehead atoms. The van der Waals surface area contributed by atoms with Crippen LogP contribution in [0.2, 0.25) is 10.0 Å². The van der Waals surface area contributed by atoms with Crippen molar-refractivity contribution in [1.29, 1.82) is 0 Å². The zero-order valence-corrected chi connectivity index (χ0v) is 15.0. The van der Waals surface area contributed by atoms with Gasteiger partial charge in [0.1, 0.15) is 0 Å². The zero-order valence-electron chi connectivity index (χ0n) is 12.6. The summed E-state index contributed by atoms with van der Waals surface area (Å²) >= 11 is 13.5. The number of rotatable bonds is 3. The summed E-state index contributed by atoms with van der Waals surface area (Å²) in [5, 5.41) is 8.90. The SMILES string of the molecule is Cc1ccc(NC(=O)Nc2nc(-c3cc(Cl)ccc3Cl)cs2)cc1. The van der Waals surface area contributed by atoms with E-state index in [0.29, 0.717) is 26.6 Å². The molecule has 2 N–H and O–H groups in total. The minimum atomic E-state index is -0.350. The lowest BCUT2D eigenvalue weighted by Gasteiger charge is -2.05. The number of amides is 2.